The fraction of sp³-hybridized carbons (Fsp3) is 0.600. The summed E-state index contributed by atoms with van der Waals surface area (Å²) in [6, 6.07) is 3.56. The summed E-state index contributed by atoms with van der Waals surface area (Å²) in [6.07, 6.45) is 1.61. The second kappa shape index (κ2) is 6.41. The molecule has 1 aromatic heterocycles. The molecular weight excluding hydrogens is 270 g/mol. The molecule has 114 valence electrons. The highest BCUT2D eigenvalue weighted by Crippen LogP contribution is 2.22. The van der Waals surface area contributed by atoms with E-state index in [1.165, 1.54) is 0 Å². The fourth-order valence-corrected chi connectivity index (χ4v) is 2.78. The lowest BCUT2D eigenvalue weighted by molar-refractivity contribution is 0.0145. The lowest BCUT2D eigenvalue weighted by Gasteiger charge is -2.31. The maximum atomic E-state index is 12.5. The van der Waals surface area contributed by atoms with Crippen LogP contribution >= 0.6 is 0 Å². The fourth-order valence-electron chi connectivity index (χ4n) is 2.78. The maximum absolute atomic E-state index is 12.5. The summed E-state index contributed by atoms with van der Waals surface area (Å²) in [6.45, 7) is 7.41. The molecule has 0 aliphatic carbocycles. The number of nitrogens with zero attached hydrogens (tertiary/aromatic N) is 3. The van der Waals surface area contributed by atoms with Crippen molar-refractivity contribution < 1.29 is 14.3 Å². The summed E-state index contributed by atoms with van der Waals surface area (Å²) in [5, 5.41) is 0. The molecule has 2 aliphatic rings. The highest BCUT2D eigenvalue weighted by Gasteiger charge is 2.30. The minimum Gasteiger partial charge on any atom is -0.471 e. The largest absolute Gasteiger partial charge is 0.471 e. The van der Waals surface area contributed by atoms with Crippen molar-refractivity contribution in [1.29, 1.82) is 0 Å². The Kier molecular flexibility index (Phi) is 4.36. The van der Waals surface area contributed by atoms with E-state index in [2.05, 4.69) is 9.88 Å². The Hall–Kier alpha value is -1.66. The molecule has 3 rings (SSSR count). The Bertz CT molecular complexity index is 503. The van der Waals surface area contributed by atoms with Crippen LogP contribution in [0.5, 0.6) is 5.88 Å². The van der Waals surface area contributed by atoms with Crippen LogP contribution in [0.1, 0.15) is 17.3 Å². The molecule has 1 saturated heterocycles. The summed E-state index contributed by atoms with van der Waals surface area (Å²) in [5.74, 6) is 0.460. The van der Waals surface area contributed by atoms with Gasteiger partial charge in [0.1, 0.15) is 11.7 Å². The first kappa shape index (κ1) is 14.3. The number of hydrogen-bond acceptors (Lipinski definition) is 5. The van der Waals surface area contributed by atoms with Crippen LogP contribution in [-0.4, -0.2) is 72.7 Å². The Balaban J connectivity index is 1.78. The zero-order valence-corrected chi connectivity index (χ0v) is 12.3. The van der Waals surface area contributed by atoms with Crippen molar-refractivity contribution in [3.63, 3.8) is 0 Å². The molecule has 6 nitrogen and oxygen atoms in total. The molecule has 0 bridgehead atoms. The molecule has 0 N–H and O–H groups in total. The highest BCUT2D eigenvalue weighted by molar-refractivity contribution is 5.96. The van der Waals surface area contributed by atoms with Gasteiger partial charge in [0.25, 0.3) is 5.91 Å². The first-order valence-electron chi connectivity index (χ1n) is 7.49. The summed E-state index contributed by atoms with van der Waals surface area (Å²) < 4.78 is 11.4. The molecule has 1 aromatic rings. The van der Waals surface area contributed by atoms with Crippen LogP contribution in [0.3, 0.4) is 0 Å². The molecule has 0 radical (unpaired) electrons. The normalized spacial score (nSPS) is 23.4. The quantitative estimate of drug-likeness (QED) is 0.818. The minimum atomic E-state index is -0.0526. The summed E-state index contributed by atoms with van der Waals surface area (Å²) in [4.78, 5) is 20.9. The second-order valence-corrected chi connectivity index (χ2v) is 5.35. The van der Waals surface area contributed by atoms with E-state index in [1.54, 1.807) is 18.3 Å². The molecule has 0 saturated carbocycles. The van der Waals surface area contributed by atoms with Crippen LogP contribution in [0, 0.1) is 0 Å². The van der Waals surface area contributed by atoms with E-state index in [0.717, 1.165) is 32.8 Å². The number of carbonyl (C=O) groups excluding carboxylic acids is 1. The number of pyridine rings is 1. The smallest absolute Gasteiger partial charge is 0.259 e. The Morgan fingerprint density at radius 1 is 1.38 bits per heavy atom. The molecule has 6 heteroatoms. The van der Waals surface area contributed by atoms with Gasteiger partial charge in [-0.1, -0.05) is 0 Å². The number of morpholine rings is 1. The van der Waals surface area contributed by atoms with Gasteiger partial charge in [0.15, 0.2) is 0 Å². The minimum absolute atomic E-state index is 0.00470. The van der Waals surface area contributed by atoms with Crippen LogP contribution in [-0.2, 0) is 4.74 Å². The molecular formula is C15H21N3O3. The van der Waals surface area contributed by atoms with Gasteiger partial charge in [0.2, 0.25) is 5.88 Å². The highest BCUT2D eigenvalue weighted by atomic mass is 16.5. The monoisotopic (exact) mass is 291 g/mol. The van der Waals surface area contributed by atoms with Gasteiger partial charge in [-0.3, -0.25) is 9.69 Å². The summed E-state index contributed by atoms with van der Waals surface area (Å²) in [7, 11) is 0. The number of ether oxygens (including phenoxy) is 2. The van der Waals surface area contributed by atoms with Crippen molar-refractivity contribution in [1.82, 2.24) is 14.8 Å². The van der Waals surface area contributed by atoms with E-state index in [0.29, 0.717) is 24.5 Å². The van der Waals surface area contributed by atoms with Gasteiger partial charge in [-0.05, 0) is 19.1 Å². The molecule has 1 amide bonds. The van der Waals surface area contributed by atoms with Crippen LogP contribution in [0.4, 0.5) is 0 Å². The summed E-state index contributed by atoms with van der Waals surface area (Å²) >= 11 is 0. The van der Waals surface area contributed by atoms with E-state index in [-0.39, 0.29) is 12.0 Å². The number of carbonyl (C=O) groups is 1. The van der Waals surface area contributed by atoms with Crippen molar-refractivity contribution >= 4 is 5.91 Å². The van der Waals surface area contributed by atoms with Crippen LogP contribution < -0.4 is 4.74 Å². The average molecular weight is 291 g/mol. The van der Waals surface area contributed by atoms with Gasteiger partial charge in [0, 0.05) is 32.4 Å². The van der Waals surface area contributed by atoms with Gasteiger partial charge in [-0.2, -0.15) is 0 Å². The van der Waals surface area contributed by atoms with Crippen molar-refractivity contribution in [2.24, 2.45) is 0 Å². The van der Waals surface area contributed by atoms with Crippen LogP contribution in [0.2, 0.25) is 0 Å². The standard InChI is InChI=1S/C15H21N3O3/c1-2-18-11-12(10-17-6-8-20-9-7-17)21-14-13(15(18)19)4-3-5-16-14/h3-5,12H,2,6-11H2,1H3. The number of fused-ring (bicyclic) bond motifs is 1. The Morgan fingerprint density at radius 3 is 2.95 bits per heavy atom. The van der Waals surface area contributed by atoms with E-state index >= 15 is 0 Å². The van der Waals surface area contributed by atoms with Gasteiger partial charge in [-0.25, -0.2) is 4.98 Å². The number of aromatic nitrogens is 1. The SMILES string of the molecule is CCN1CC(CN2CCOCC2)Oc2ncccc2C1=O. The van der Waals surface area contributed by atoms with Crippen molar-refractivity contribution in [2.45, 2.75) is 13.0 Å². The summed E-state index contributed by atoms with van der Waals surface area (Å²) in [5.41, 5.74) is 0.559. The number of likely N-dealkylation sites (N-methyl/N-ethyl adjacent to an activating group) is 1. The molecule has 3 heterocycles. The van der Waals surface area contributed by atoms with Crippen LogP contribution in [0.15, 0.2) is 18.3 Å². The number of hydrogen-bond donors (Lipinski definition) is 0. The zero-order chi connectivity index (χ0) is 14.7. The molecule has 21 heavy (non-hydrogen) atoms. The van der Waals surface area contributed by atoms with Crippen molar-refractivity contribution in [3.8, 4) is 5.88 Å². The van der Waals surface area contributed by atoms with Crippen LogP contribution in [0.25, 0.3) is 0 Å². The third-order valence-corrected chi connectivity index (χ3v) is 3.94. The van der Waals surface area contributed by atoms with Gasteiger partial charge in [-0.15, -0.1) is 0 Å². The van der Waals surface area contributed by atoms with Gasteiger partial charge < -0.3 is 14.4 Å². The topological polar surface area (TPSA) is 54.9 Å². The van der Waals surface area contributed by atoms with E-state index < -0.39 is 0 Å². The van der Waals surface area contributed by atoms with Crippen molar-refractivity contribution in [3.05, 3.63) is 23.9 Å². The first-order chi connectivity index (χ1) is 10.3. The molecule has 0 spiro atoms. The average Bonchev–Trinajstić information content (AvgIpc) is 2.65. The van der Waals surface area contributed by atoms with Gasteiger partial charge >= 0.3 is 0 Å². The third-order valence-electron chi connectivity index (χ3n) is 3.94. The van der Waals surface area contributed by atoms with Crippen molar-refractivity contribution in [2.75, 3.05) is 45.9 Å². The predicted octanol–water partition coefficient (Wildman–Crippen LogP) is 0.637. The Morgan fingerprint density at radius 2 is 2.19 bits per heavy atom. The second-order valence-electron chi connectivity index (χ2n) is 5.35. The van der Waals surface area contributed by atoms with E-state index in [9.17, 15) is 4.79 Å². The molecule has 1 fully saturated rings. The van der Waals surface area contributed by atoms with Gasteiger partial charge in [0.05, 0.1) is 19.8 Å². The predicted molar refractivity (Wildman–Crippen MR) is 77.5 cm³/mol. The Labute approximate surface area is 124 Å². The third kappa shape index (κ3) is 3.16. The molecule has 1 atom stereocenters. The maximum Gasteiger partial charge on any atom is 0.259 e. The lowest BCUT2D eigenvalue weighted by atomic mass is 10.2. The van der Waals surface area contributed by atoms with E-state index in [1.807, 2.05) is 11.8 Å². The first-order valence-corrected chi connectivity index (χ1v) is 7.49. The molecule has 0 aromatic carbocycles. The number of amides is 1. The lowest BCUT2D eigenvalue weighted by Crippen LogP contribution is -2.46. The van der Waals surface area contributed by atoms with E-state index in [4.69, 9.17) is 9.47 Å². The zero-order valence-electron chi connectivity index (χ0n) is 12.3. The molecule has 1 unspecified atom stereocenters. The number of rotatable bonds is 3. The molecule has 2 aliphatic heterocycles.